The highest BCUT2D eigenvalue weighted by atomic mass is 35.5. The Morgan fingerprint density at radius 3 is 2.37 bits per heavy atom. The summed E-state index contributed by atoms with van der Waals surface area (Å²) in [6.07, 6.45) is -4.79. The van der Waals surface area contributed by atoms with Crippen molar-refractivity contribution in [2.75, 3.05) is 4.90 Å². The second-order valence-electron chi connectivity index (χ2n) is 9.37. The fraction of sp³-hybridized carbons (Fsp3) is 0.179. The fourth-order valence-electron chi connectivity index (χ4n) is 5.13. The van der Waals surface area contributed by atoms with E-state index in [1.54, 1.807) is 42.5 Å². The number of halogens is 5. The molecule has 210 valence electrons. The number of imide groups is 1. The molecule has 2 aliphatic rings. The summed E-state index contributed by atoms with van der Waals surface area (Å²) in [4.78, 5) is 43.5. The number of aromatic nitrogens is 1. The summed E-state index contributed by atoms with van der Waals surface area (Å²) in [6.45, 7) is 0.134. The first kappa shape index (κ1) is 27.9. The van der Waals surface area contributed by atoms with Crippen LogP contribution in [0.1, 0.15) is 27.5 Å². The minimum absolute atomic E-state index is 0.134. The number of alkyl halides is 3. The molecule has 0 aliphatic carbocycles. The minimum atomic E-state index is -4.79. The first-order valence-corrected chi connectivity index (χ1v) is 14.6. The Morgan fingerprint density at radius 2 is 1.63 bits per heavy atom. The Labute approximate surface area is 249 Å². The highest BCUT2D eigenvalue weighted by molar-refractivity contribution is 8.00. The molecule has 2 aliphatic heterocycles. The number of carbonyl (C=O) groups excluding carboxylic acids is 2. The molecule has 3 unspecified atom stereocenters. The molecule has 41 heavy (non-hydrogen) atoms. The number of nitrogens with zero attached hydrogens (tertiary/aromatic N) is 1. The number of rotatable bonds is 5. The number of hydrogen-bond acceptors (Lipinski definition) is 6. The lowest BCUT2D eigenvalue weighted by molar-refractivity contribution is -0.137. The number of anilines is 1. The van der Waals surface area contributed by atoms with E-state index >= 15 is 0 Å². The standard InChI is InChI=1S/C28H17Cl2F3N2O4S2/c29-14-7-5-13(6-8-14)12-39-19-10-9-15(30)11-16(19)20-21-23(40-24-22(20)41-27(38)34-24)26(37)35(25(21)36)18-4-2-1-3-17(18)28(31,32)33/h1-11,20-21,23H,12H2,(H,34,38). The molecule has 1 saturated heterocycles. The maximum absolute atomic E-state index is 14.0. The van der Waals surface area contributed by atoms with Crippen LogP contribution in [0, 0.1) is 5.92 Å². The number of thioether (sulfide) groups is 1. The number of aromatic amines is 1. The largest absolute Gasteiger partial charge is 0.489 e. The van der Waals surface area contributed by atoms with Gasteiger partial charge in [-0.15, -0.1) is 0 Å². The first-order chi connectivity index (χ1) is 19.5. The lowest BCUT2D eigenvalue weighted by Crippen LogP contribution is -2.33. The zero-order valence-electron chi connectivity index (χ0n) is 20.6. The number of benzene rings is 3. The van der Waals surface area contributed by atoms with Gasteiger partial charge in [0, 0.05) is 26.4 Å². The van der Waals surface area contributed by atoms with Gasteiger partial charge in [0.25, 0.3) is 0 Å². The summed E-state index contributed by atoms with van der Waals surface area (Å²) in [6, 6.07) is 16.3. The molecular weight excluding hydrogens is 620 g/mol. The van der Waals surface area contributed by atoms with Crippen molar-refractivity contribution in [2.45, 2.75) is 29.0 Å². The third kappa shape index (κ3) is 5.05. The van der Waals surface area contributed by atoms with Crippen LogP contribution in [0.3, 0.4) is 0 Å². The molecule has 1 fully saturated rings. The van der Waals surface area contributed by atoms with Gasteiger partial charge in [-0.2, -0.15) is 13.2 Å². The van der Waals surface area contributed by atoms with Crippen molar-refractivity contribution in [1.29, 1.82) is 0 Å². The van der Waals surface area contributed by atoms with Gasteiger partial charge in [0.05, 0.1) is 22.2 Å². The third-order valence-corrected chi connectivity index (χ3v) is 9.78. The maximum Gasteiger partial charge on any atom is 0.418 e. The summed E-state index contributed by atoms with van der Waals surface area (Å²) in [5.74, 6) is -3.26. The van der Waals surface area contributed by atoms with Crippen molar-refractivity contribution in [1.82, 2.24) is 4.98 Å². The molecule has 4 aromatic rings. The molecule has 3 heterocycles. The highest BCUT2D eigenvalue weighted by Gasteiger charge is 2.57. The van der Waals surface area contributed by atoms with Crippen LogP contribution in [0.4, 0.5) is 18.9 Å². The number of nitrogens with one attached hydrogen (secondary N) is 1. The van der Waals surface area contributed by atoms with E-state index in [0.717, 1.165) is 40.8 Å². The molecule has 6 nitrogen and oxygen atoms in total. The molecule has 2 amide bonds. The zero-order chi connectivity index (χ0) is 29.1. The van der Waals surface area contributed by atoms with Crippen LogP contribution in [0.2, 0.25) is 10.0 Å². The van der Waals surface area contributed by atoms with Gasteiger partial charge in [-0.05, 0) is 48.0 Å². The number of hydrogen-bond donors (Lipinski definition) is 1. The number of thiazole rings is 1. The minimum Gasteiger partial charge on any atom is -0.489 e. The van der Waals surface area contributed by atoms with E-state index in [9.17, 15) is 27.6 Å². The maximum atomic E-state index is 14.0. The van der Waals surface area contributed by atoms with E-state index in [2.05, 4.69) is 4.98 Å². The van der Waals surface area contributed by atoms with Gasteiger partial charge in [-0.3, -0.25) is 14.4 Å². The molecule has 1 aromatic heterocycles. The Balaban J connectivity index is 1.46. The van der Waals surface area contributed by atoms with Crippen molar-refractivity contribution in [3.8, 4) is 5.75 Å². The van der Waals surface area contributed by atoms with Gasteiger partial charge >= 0.3 is 11.0 Å². The lowest BCUT2D eigenvalue weighted by atomic mass is 9.82. The van der Waals surface area contributed by atoms with Gasteiger partial charge in [0.2, 0.25) is 11.8 Å². The van der Waals surface area contributed by atoms with E-state index < -0.39 is 51.2 Å². The number of amides is 2. The number of ether oxygens (including phenoxy) is 1. The SMILES string of the molecule is O=C1C2Sc3[nH]c(=O)sc3C(c3cc(Cl)ccc3OCc3ccc(Cl)cc3)C2C(=O)N1c1ccccc1C(F)(F)F. The van der Waals surface area contributed by atoms with Crippen molar-refractivity contribution in [3.63, 3.8) is 0 Å². The van der Waals surface area contributed by atoms with Crippen molar-refractivity contribution in [2.24, 2.45) is 5.92 Å². The third-order valence-electron chi connectivity index (χ3n) is 6.89. The predicted molar refractivity (Wildman–Crippen MR) is 151 cm³/mol. The van der Waals surface area contributed by atoms with Gasteiger partial charge < -0.3 is 9.72 Å². The molecule has 0 radical (unpaired) electrons. The molecule has 13 heteroatoms. The van der Waals surface area contributed by atoms with Crippen LogP contribution in [0.5, 0.6) is 5.75 Å². The number of H-pyrrole nitrogens is 1. The van der Waals surface area contributed by atoms with Crippen molar-refractivity contribution < 1.29 is 27.5 Å². The van der Waals surface area contributed by atoms with Gasteiger partial charge in [-0.1, -0.05) is 70.6 Å². The lowest BCUT2D eigenvalue weighted by Gasteiger charge is -2.31. The van der Waals surface area contributed by atoms with Crippen LogP contribution in [-0.2, 0) is 22.4 Å². The molecule has 1 N–H and O–H groups in total. The molecule has 0 bridgehead atoms. The van der Waals surface area contributed by atoms with E-state index in [0.29, 0.717) is 36.2 Å². The fourth-order valence-corrected chi connectivity index (χ4v) is 7.95. The molecule has 0 saturated carbocycles. The summed E-state index contributed by atoms with van der Waals surface area (Å²) >= 11 is 14.2. The zero-order valence-corrected chi connectivity index (χ0v) is 23.7. The second kappa shape index (κ2) is 10.5. The Bertz CT molecular complexity index is 1740. The van der Waals surface area contributed by atoms with Gasteiger partial charge in [0.15, 0.2) is 0 Å². The quantitative estimate of drug-likeness (QED) is 0.236. The Hall–Kier alpha value is -3.25. The van der Waals surface area contributed by atoms with Crippen LogP contribution >= 0.6 is 46.3 Å². The monoisotopic (exact) mass is 636 g/mol. The number of fused-ring (bicyclic) bond motifs is 2. The second-order valence-corrected chi connectivity index (χ2v) is 12.4. The van der Waals surface area contributed by atoms with Crippen LogP contribution < -0.4 is 14.5 Å². The Morgan fingerprint density at radius 1 is 0.927 bits per heavy atom. The van der Waals surface area contributed by atoms with E-state index in [1.165, 1.54) is 12.1 Å². The van der Waals surface area contributed by atoms with Crippen LogP contribution in [-0.4, -0.2) is 22.0 Å². The van der Waals surface area contributed by atoms with Gasteiger partial charge in [0.1, 0.15) is 17.6 Å². The van der Waals surface area contributed by atoms with Crippen molar-refractivity contribution >= 4 is 63.8 Å². The van der Waals surface area contributed by atoms with E-state index in [-0.39, 0.29) is 6.61 Å². The van der Waals surface area contributed by atoms with Crippen LogP contribution in [0.25, 0.3) is 0 Å². The smallest absolute Gasteiger partial charge is 0.418 e. The summed E-state index contributed by atoms with van der Waals surface area (Å²) in [7, 11) is 0. The summed E-state index contributed by atoms with van der Waals surface area (Å²) in [5, 5.41) is 0.161. The van der Waals surface area contributed by atoms with Gasteiger partial charge in [-0.25, -0.2) is 4.90 Å². The molecule has 0 spiro atoms. The Kier molecular flexibility index (Phi) is 7.17. The number of para-hydroxylation sites is 1. The highest BCUT2D eigenvalue weighted by Crippen LogP contribution is 2.55. The first-order valence-electron chi connectivity index (χ1n) is 12.1. The number of carbonyl (C=O) groups is 2. The summed E-state index contributed by atoms with van der Waals surface area (Å²) in [5.41, 5.74) is -0.391. The predicted octanol–water partition coefficient (Wildman–Crippen LogP) is 7.14. The summed E-state index contributed by atoms with van der Waals surface area (Å²) < 4.78 is 47.8. The molecule has 3 atom stereocenters. The average Bonchev–Trinajstić information content (AvgIpc) is 3.42. The van der Waals surface area contributed by atoms with Crippen LogP contribution in [0.15, 0.2) is 76.6 Å². The van der Waals surface area contributed by atoms with E-state index in [1.807, 2.05) is 0 Å². The van der Waals surface area contributed by atoms with Crippen molar-refractivity contribution in [3.05, 3.63) is 108 Å². The molecule has 3 aromatic carbocycles. The normalized spacial score (nSPS) is 20.2. The molecular formula is C28H17Cl2F3N2O4S2. The topological polar surface area (TPSA) is 79.5 Å². The molecule has 6 rings (SSSR count). The van der Waals surface area contributed by atoms with E-state index in [4.69, 9.17) is 27.9 Å². The average molecular weight is 637 g/mol.